The first kappa shape index (κ1) is 28.8. The van der Waals surface area contributed by atoms with E-state index in [0.29, 0.717) is 22.0 Å². The average Bonchev–Trinajstić information content (AvgIpc) is 2.87. The van der Waals surface area contributed by atoms with Crippen molar-refractivity contribution in [3.8, 4) is 5.75 Å². The summed E-state index contributed by atoms with van der Waals surface area (Å²) in [7, 11) is -2.26. The number of halogens is 1. The molecule has 1 fully saturated rings. The number of carbonyl (C=O) groups is 2. The van der Waals surface area contributed by atoms with Gasteiger partial charge in [0, 0.05) is 17.6 Å². The maximum atomic E-state index is 13.7. The van der Waals surface area contributed by atoms with E-state index >= 15 is 0 Å². The predicted molar refractivity (Wildman–Crippen MR) is 146 cm³/mol. The number of anilines is 1. The van der Waals surface area contributed by atoms with Crippen molar-refractivity contribution in [1.82, 2.24) is 10.2 Å². The van der Waals surface area contributed by atoms with Gasteiger partial charge in [0.05, 0.1) is 19.1 Å². The Balaban J connectivity index is 1.90. The van der Waals surface area contributed by atoms with E-state index in [2.05, 4.69) is 5.32 Å². The van der Waals surface area contributed by atoms with Crippen LogP contribution < -0.4 is 14.4 Å². The molecule has 3 rings (SSSR count). The summed E-state index contributed by atoms with van der Waals surface area (Å²) < 4.78 is 31.8. The van der Waals surface area contributed by atoms with Gasteiger partial charge in [0.15, 0.2) is 0 Å². The molecule has 2 amide bonds. The number of hydrogen-bond acceptors (Lipinski definition) is 5. The van der Waals surface area contributed by atoms with Crippen LogP contribution in [0.15, 0.2) is 42.5 Å². The topological polar surface area (TPSA) is 96.0 Å². The fourth-order valence-corrected chi connectivity index (χ4v) is 5.61. The highest BCUT2D eigenvalue weighted by molar-refractivity contribution is 7.92. The molecule has 0 aromatic heterocycles. The van der Waals surface area contributed by atoms with E-state index < -0.39 is 28.5 Å². The third-order valence-corrected chi connectivity index (χ3v) is 8.35. The molecular formula is C27H36ClN3O5S. The van der Waals surface area contributed by atoms with Crippen LogP contribution in [0.2, 0.25) is 5.02 Å². The quantitative estimate of drug-likeness (QED) is 0.477. The number of nitrogens with one attached hydrogen (secondary N) is 1. The van der Waals surface area contributed by atoms with Crippen LogP contribution in [0.4, 0.5) is 5.69 Å². The first-order valence-corrected chi connectivity index (χ1v) is 14.7. The van der Waals surface area contributed by atoms with Gasteiger partial charge in [-0.1, -0.05) is 49.1 Å². The van der Waals surface area contributed by atoms with E-state index in [9.17, 15) is 18.0 Å². The summed E-state index contributed by atoms with van der Waals surface area (Å²) in [6, 6.07) is 11.4. The van der Waals surface area contributed by atoms with Crippen LogP contribution in [-0.2, 0) is 26.2 Å². The molecule has 1 N–H and O–H groups in total. The molecule has 0 spiro atoms. The fraction of sp³-hybridized carbons (Fsp3) is 0.481. The maximum Gasteiger partial charge on any atom is 0.244 e. The molecule has 37 heavy (non-hydrogen) atoms. The van der Waals surface area contributed by atoms with Crippen molar-refractivity contribution in [1.29, 1.82) is 0 Å². The fourth-order valence-electron chi connectivity index (χ4n) is 4.54. The Labute approximate surface area is 225 Å². The Morgan fingerprint density at radius 2 is 1.76 bits per heavy atom. The summed E-state index contributed by atoms with van der Waals surface area (Å²) in [6.45, 7) is 3.05. The molecule has 1 saturated carbocycles. The van der Waals surface area contributed by atoms with E-state index in [-0.39, 0.29) is 18.5 Å². The monoisotopic (exact) mass is 549 g/mol. The number of nitrogens with zero attached hydrogens (tertiary/aromatic N) is 2. The van der Waals surface area contributed by atoms with E-state index in [4.69, 9.17) is 16.3 Å². The second-order valence-corrected chi connectivity index (χ2v) is 11.9. The Morgan fingerprint density at radius 3 is 2.35 bits per heavy atom. The van der Waals surface area contributed by atoms with E-state index in [0.717, 1.165) is 48.2 Å². The third kappa shape index (κ3) is 7.61. The van der Waals surface area contributed by atoms with Crippen LogP contribution >= 0.6 is 11.6 Å². The summed E-state index contributed by atoms with van der Waals surface area (Å²) in [5.74, 6) is -0.0742. The molecule has 1 unspecified atom stereocenters. The first-order chi connectivity index (χ1) is 17.5. The van der Waals surface area contributed by atoms with Crippen molar-refractivity contribution in [3.63, 3.8) is 0 Å². The molecule has 0 heterocycles. The van der Waals surface area contributed by atoms with E-state index in [1.807, 2.05) is 12.1 Å². The summed E-state index contributed by atoms with van der Waals surface area (Å²) in [5.41, 5.74) is 1.66. The number of rotatable bonds is 10. The number of benzene rings is 2. The van der Waals surface area contributed by atoms with Crippen molar-refractivity contribution in [2.75, 3.05) is 24.2 Å². The number of carbonyl (C=O) groups excluding carboxylic acids is 2. The van der Waals surface area contributed by atoms with Crippen molar-refractivity contribution in [2.45, 2.75) is 64.6 Å². The summed E-state index contributed by atoms with van der Waals surface area (Å²) >= 11 is 6.24. The molecule has 0 aliphatic heterocycles. The zero-order chi connectivity index (χ0) is 27.2. The van der Waals surface area contributed by atoms with Gasteiger partial charge >= 0.3 is 0 Å². The van der Waals surface area contributed by atoms with Crippen molar-refractivity contribution in [3.05, 3.63) is 58.6 Å². The maximum absolute atomic E-state index is 13.7. The minimum absolute atomic E-state index is 0.0864. The van der Waals surface area contributed by atoms with Crippen molar-refractivity contribution >= 4 is 39.1 Å². The molecule has 0 bridgehead atoms. The summed E-state index contributed by atoms with van der Waals surface area (Å²) in [4.78, 5) is 28.4. The van der Waals surface area contributed by atoms with Gasteiger partial charge < -0.3 is 15.0 Å². The lowest BCUT2D eigenvalue weighted by Crippen LogP contribution is -2.53. The Kier molecular flexibility index (Phi) is 9.84. The Morgan fingerprint density at radius 1 is 1.11 bits per heavy atom. The van der Waals surface area contributed by atoms with Crippen LogP contribution in [0.3, 0.4) is 0 Å². The molecular weight excluding hydrogens is 514 g/mol. The second kappa shape index (κ2) is 12.6. The molecule has 202 valence electrons. The van der Waals surface area contributed by atoms with Crippen molar-refractivity contribution in [2.24, 2.45) is 0 Å². The van der Waals surface area contributed by atoms with Gasteiger partial charge in [-0.25, -0.2) is 8.42 Å². The molecule has 8 nitrogen and oxygen atoms in total. The lowest BCUT2D eigenvalue weighted by Gasteiger charge is -2.33. The summed E-state index contributed by atoms with van der Waals surface area (Å²) in [5, 5.41) is 3.48. The van der Waals surface area contributed by atoms with Gasteiger partial charge in [-0.15, -0.1) is 0 Å². The van der Waals surface area contributed by atoms with E-state index in [1.165, 1.54) is 4.90 Å². The average molecular weight is 550 g/mol. The normalized spacial score (nSPS) is 15.1. The zero-order valence-corrected chi connectivity index (χ0v) is 23.4. The highest BCUT2D eigenvalue weighted by atomic mass is 35.5. The highest BCUT2D eigenvalue weighted by Gasteiger charge is 2.31. The number of ether oxygens (including phenoxy) is 1. The molecule has 0 saturated heterocycles. The van der Waals surface area contributed by atoms with Gasteiger partial charge in [-0.3, -0.25) is 13.9 Å². The minimum atomic E-state index is -3.83. The zero-order valence-electron chi connectivity index (χ0n) is 21.9. The van der Waals surface area contributed by atoms with Gasteiger partial charge in [0.25, 0.3) is 0 Å². The summed E-state index contributed by atoms with van der Waals surface area (Å²) in [6.07, 6.45) is 6.18. The Hall–Kier alpha value is -2.78. The molecule has 2 aromatic carbocycles. The number of hydrogen-bond donors (Lipinski definition) is 1. The molecule has 1 aliphatic rings. The largest absolute Gasteiger partial charge is 0.497 e. The van der Waals surface area contributed by atoms with Crippen LogP contribution in [0.5, 0.6) is 5.75 Å². The number of sulfonamides is 1. The number of methoxy groups -OCH3 is 1. The van der Waals surface area contributed by atoms with Crippen molar-refractivity contribution < 1.29 is 22.7 Å². The molecule has 1 atom stereocenters. The van der Waals surface area contributed by atoms with Crippen LogP contribution in [0.1, 0.15) is 50.2 Å². The van der Waals surface area contributed by atoms with Gasteiger partial charge in [-0.2, -0.15) is 0 Å². The van der Waals surface area contributed by atoms with Crippen LogP contribution in [0, 0.1) is 6.92 Å². The molecule has 1 aliphatic carbocycles. The third-order valence-electron chi connectivity index (χ3n) is 6.82. The van der Waals surface area contributed by atoms with Gasteiger partial charge in [0.2, 0.25) is 21.8 Å². The standard InChI is InChI=1S/C27H36ClN3O5S/c1-19-24(28)11-8-12-25(19)31(37(4,34)35)18-26(32)30(17-21-13-15-23(36-3)16-14-21)20(2)27(33)29-22-9-6-5-7-10-22/h8,11-16,20,22H,5-7,9-10,17-18H2,1-4H3,(H,29,33). The number of amides is 2. The van der Waals surface area contributed by atoms with Crippen LogP contribution in [0.25, 0.3) is 0 Å². The molecule has 2 aromatic rings. The minimum Gasteiger partial charge on any atom is -0.497 e. The Bertz CT molecular complexity index is 1200. The highest BCUT2D eigenvalue weighted by Crippen LogP contribution is 2.28. The lowest BCUT2D eigenvalue weighted by atomic mass is 9.95. The van der Waals surface area contributed by atoms with E-state index in [1.54, 1.807) is 51.3 Å². The van der Waals surface area contributed by atoms with Gasteiger partial charge in [0.1, 0.15) is 18.3 Å². The molecule has 0 radical (unpaired) electrons. The predicted octanol–water partition coefficient (Wildman–Crippen LogP) is 4.29. The van der Waals surface area contributed by atoms with Crippen LogP contribution in [-0.4, -0.2) is 57.1 Å². The second-order valence-electron chi connectivity index (χ2n) is 9.54. The van der Waals surface area contributed by atoms with Gasteiger partial charge in [-0.05, 0) is 62.1 Å². The smallest absolute Gasteiger partial charge is 0.244 e. The molecule has 10 heteroatoms. The first-order valence-electron chi connectivity index (χ1n) is 12.5. The lowest BCUT2D eigenvalue weighted by molar-refractivity contribution is -0.139. The SMILES string of the molecule is COc1ccc(CN(C(=O)CN(c2cccc(Cl)c2C)S(C)(=O)=O)C(C)C(=O)NC2CCCCC2)cc1.